The molecular formula is C11H9FN2O4S. The number of aromatic carboxylic acids is 1. The summed E-state index contributed by atoms with van der Waals surface area (Å²) >= 11 is 0. The number of benzene rings is 1. The Morgan fingerprint density at radius 3 is 2.47 bits per heavy atom. The number of nitrogens with one attached hydrogen (secondary N) is 1. The number of aromatic nitrogens is 1. The molecule has 0 saturated carbocycles. The zero-order chi connectivity index (χ0) is 14.0. The second-order valence-electron chi connectivity index (χ2n) is 3.63. The van der Waals surface area contributed by atoms with E-state index >= 15 is 0 Å². The average Bonchev–Trinajstić information content (AvgIpc) is 2.80. The molecule has 1 heterocycles. The highest BCUT2D eigenvalue weighted by Crippen LogP contribution is 2.15. The van der Waals surface area contributed by atoms with E-state index in [2.05, 4.69) is 4.83 Å². The number of rotatable bonds is 4. The molecule has 19 heavy (non-hydrogen) atoms. The van der Waals surface area contributed by atoms with Crippen molar-refractivity contribution >= 4 is 16.0 Å². The van der Waals surface area contributed by atoms with Crippen molar-refractivity contribution in [3.63, 3.8) is 0 Å². The SMILES string of the molecule is O=C(O)c1cc(S(=O)(=O)Nn2cccc2)ccc1F. The summed E-state index contributed by atoms with van der Waals surface area (Å²) in [7, 11) is -3.97. The molecule has 1 aromatic carbocycles. The van der Waals surface area contributed by atoms with Gasteiger partial charge >= 0.3 is 5.97 Å². The minimum atomic E-state index is -3.97. The molecule has 0 spiro atoms. The fourth-order valence-electron chi connectivity index (χ4n) is 1.42. The molecule has 0 unspecified atom stereocenters. The first-order valence-corrected chi connectivity index (χ1v) is 6.57. The largest absolute Gasteiger partial charge is 0.478 e. The van der Waals surface area contributed by atoms with Crippen LogP contribution in [0.3, 0.4) is 0 Å². The highest BCUT2D eigenvalue weighted by atomic mass is 32.2. The fraction of sp³-hybridized carbons (Fsp3) is 0. The molecule has 0 aliphatic carbocycles. The number of sulfonamides is 1. The predicted octanol–water partition coefficient (Wildman–Crippen LogP) is 1.26. The van der Waals surface area contributed by atoms with E-state index in [1.807, 2.05) is 0 Å². The standard InChI is InChI=1S/C11H9FN2O4S/c12-10-4-3-8(7-9(10)11(15)16)19(17,18)13-14-5-1-2-6-14/h1-7,13H,(H,15,16). The van der Waals surface area contributed by atoms with E-state index in [-0.39, 0.29) is 4.90 Å². The van der Waals surface area contributed by atoms with Crippen LogP contribution in [0.4, 0.5) is 4.39 Å². The summed E-state index contributed by atoms with van der Waals surface area (Å²) in [5, 5.41) is 8.75. The number of halogens is 1. The molecule has 2 N–H and O–H groups in total. The van der Waals surface area contributed by atoms with Gasteiger partial charge in [-0.15, -0.1) is 0 Å². The lowest BCUT2D eigenvalue weighted by atomic mass is 10.2. The van der Waals surface area contributed by atoms with Crippen LogP contribution in [0.25, 0.3) is 0 Å². The van der Waals surface area contributed by atoms with E-state index in [0.717, 1.165) is 18.2 Å². The quantitative estimate of drug-likeness (QED) is 0.884. The van der Waals surface area contributed by atoms with Gasteiger partial charge < -0.3 is 5.11 Å². The molecule has 2 rings (SSSR count). The maximum atomic E-state index is 13.2. The van der Waals surface area contributed by atoms with Crippen LogP contribution in [0.15, 0.2) is 47.6 Å². The van der Waals surface area contributed by atoms with Crippen LogP contribution in [0.2, 0.25) is 0 Å². The van der Waals surface area contributed by atoms with Gasteiger partial charge in [0, 0.05) is 12.4 Å². The Morgan fingerprint density at radius 2 is 1.89 bits per heavy atom. The molecule has 2 aromatic rings. The number of hydrogen-bond acceptors (Lipinski definition) is 3. The van der Waals surface area contributed by atoms with E-state index in [0.29, 0.717) is 0 Å². The first-order chi connectivity index (χ1) is 8.90. The second-order valence-corrected chi connectivity index (χ2v) is 5.29. The van der Waals surface area contributed by atoms with Crippen LogP contribution in [0, 0.1) is 5.82 Å². The molecule has 100 valence electrons. The van der Waals surface area contributed by atoms with Gasteiger partial charge in [-0.2, -0.15) is 8.42 Å². The van der Waals surface area contributed by atoms with E-state index in [1.54, 1.807) is 12.1 Å². The van der Waals surface area contributed by atoms with Gasteiger partial charge in [0.05, 0.1) is 10.5 Å². The number of carboxylic acid groups (broad SMARTS) is 1. The normalized spacial score (nSPS) is 11.2. The lowest BCUT2D eigenvalue weighted by Crippen LogP contribution is -2.22. The van der Waals surface area contributed by atoms with Gasteiger partial charge in [-0.3, -0.25) is 4.68 Å². The minimum Gasteiger partial charge on any atom is -0.478 e. The third kappa shape index (κ3) is 2.74. The lowest BCUT2D eigenvalue weighted by molar-refractivity contribution is 0.0691. The van der Waals surface area contributed by atoms with Crippen molar-refractivity contribution in [3.05, 3.63) is 54.1 Å². The molecule has 0 bridgehead atoms. The first-order valence-electron chi connectivity index (χ1n) is 5.09. The summed E-state index contributed by atoms with van der Waals surface area (Å²) in [6.45, 7) is 0. The molecule has 1 aromatic heterocycles. The smallest absolute Gasteiger partial charge is 0.338 e. The van der Waals surface area contributed by atoms with E-state index in [4.69, 9.17) is 5.11 Å². The van der Waals surface area contributed by atoms with Crippen molar-refractivity contribution in [3.8, 4) is 0 Å². The van der Waals surface area contributed by atoms with Crippen molar-refractivity contribution in [2.24, 2.45) is 0 Å². The van der Waals surface area contributed by atoms with Gasteiger partial charge in [0.25, 0.3) is 10.0 Å². The zero-order valence-corrected chi connectivity index (χ0v) is 10.3. The molecule has 0 amide bonds. The topological polar surface area (TPSA) is 88.4 Å². The first kappa shape index (κ1) is 13.1. The van der Waals surface area contributed by atoms with Crippen LogP contribution < -0.4 is 4.83 Å². The van der Waals surface area contributed by atoms with Crippen molar-refractivity contribution in [2.45, 2.75) is 4.90 Å². The molecular weight excluding hydrogens is 275 g/mol. The molecule has 0 aliphatic heterocycles. The van der Waals surface area contributed by atoms with E-state index in [1.165, 1.54) is 17.1 Å². The van der Waals surface area contributed by atoms with Crippen LogP contribution >= 0.6 is 0 Å². The molecule has 6 nitrogen and oxygen atoms in total. The third-order valence-electron chi connectivity index (χ3n) is 2.31. The summed E-state index contributed by atoms with van der Waals surface area (Å²) in [5.41, 5.74) is -0.699. The molecule has 0 atom stereocenters. The van der Waals surface area contributed by atoms with Gasteiger partial charge in [-0.1, -0.05) is 0 Å². The van der Waals surface area contributed by atoms with Gasteiger partial charge in [-0.25, -0.2) is 14.0 Å². The highest BCUT2D eigenvalue weighted by molar-refractivity contribution is 7.92. The number of nitrogens with zero attached hydrogens (tertiary/aromatic N) is 1. The van der Waals surface area contributed by atoms with Gasteiger partial charge in [0.2, 0.25) is 0 Å². The Morgan fingerprint density at radius 1 is 1.26 bits per heavy atom. The maximum absolute atomic E-state index is 13.2. The Hall–Kier alpha value is -2.35. The molecule has 0 radical (unpaired) electrons. The summed E-state index contributed by atoms with van der Waals surface area (Å²) < 4.78 is 38.2. The second kappa shape index (κ2) is 4.73. The highest BCUT2D eigenvalue weighted by Gasteiger charge is 2.19. The lowest BCUT2D eigenvalue weighted by Gasteiger charge is -2.09. The summed E-state index contributed by atoms with van der Waals surface area (Å²) in [5.74, 6) is -2.53. The van der Waals surface area contributed by atoms with Gasteiger partial charge in [-0.05, 0) is 30.3 Å². The Balaban J connectivity index is 2.41. The molecule has 0 aliphatic rings. The van der Waals surface area contributed by atoms with Gasteiger partial charge in [0.15, 0.2) is 0 Å². The minimum absolute atomic E-state index is 0.333. The van der Waals surface area contributed by atoms with Crippen molar-refractivity contribution in [1.29, 1.82) is 0 Å². The fourth-order valence-corrected chi connectivity index (χ4v) is 2.45. The van der Waals surface area contributed by atoms with Crippen molar-refractivity contribution in [2.75, 3.05) is 4.83 Å². The Bertz CT molecular complexity index is 710. The summed E-state index contributed by atoms with van der Waals surface area (Å²) in [6, 6.07) is 5.77. The van der Waals surface area contributed by atoms with Gasteiger partial charge in [0.1, 0.15) is 5.82 Å². The van der Waals surface area contributed by atoms with Crippen molar-refractivity contribution in [1.82, 2.24) is 4.68 Å². The zero-order valence-electron chi connectivity index (χ0n) is 9.45. The Kier molecular flexibility index (Phi) is 3.26. The van der Waals surface area contributed by atoms with Crippen LogP contribution in [-0.4, -0.2) is 24.2 Å². The van der Waals surface area contributed by atoms with Crippen LogP contribution in [0.5, 0.6) is 0 Å². The summed E-state index contributed by atoms with van der Waals surface area (Å²) in [4.78, 5) is 12.6. The summed E-state index contributed by atoms with van der Waals surface area (Å²) in [6.07, 6.45) is 2.92. The molecule has 0 saturated heterocycles. The molecule has 8 heteroatoms. The molecule has 0 fully saturated rings. The van der Waals surface area contributed by atoms with Crippen molar-refractivity contribution < 1.29 is 22.7 Å². The van der Waals surface area contributed by atoms with Crippen LogP contribution in [-0.2, 0) is 10.0 Å². The number of hydrogen-bond donors (Lipinski definition) is 2. The predicted molar refractivity (Wildman–Crippen MR) is 64.3 cm³/mol. The van der Waals surface area contributed by atoms with Crippen LogP contribution in [0.1, 0.15) is 10.4 Å². The van der Waals surface area contributed by atoms with E-state index in [9.17, 15) is 17.6 Å². The Labute approximate surface area is 108 Å². The number of carbonyl (C=O) groups is 1. The monoisotopic (exact) mass is 284 g/mol. The third-order valence-corrected chi connectivity index (χ3v) is 3.63. The maximum Gasteiger partial charge on any atom is 0.338 e. The van der Waals surface area contributed by atoms with E-state index < -0.39 is 27.4 Å². The average molecular weight is 284 g/mol. The number of carboxylic acids is 1.